The van der Waals surface area contributed by atoms with Crippen LogP contribution in [-0.2, 0) is 11.2 Å². The van der Waals surface area contributed by atoms with Crippen molar-refractivity contribution in [2.24, 2.45) is 0 Å². The molecular formula is C20H17NOS. The molecule has 4 rings (SSSR count). The number of hydrogen-bond donors (Lipinski definition) is 0. The lowest BCUT2D eigenvalue weighted by Crippen LogP contribution is -2.30. The van der Waals surface area contributed by atoms with E-state index in [1.54, 1.807) is 11.8 Å². The van der Waals surface area contributed by atoms with Crippen LogP contribution >= 0.6 is 11.8 Å². The molecule has 1 aliphatic heterocycles. The first kappa shape index (κ1) is 14.3. The maximum atomic E-state index is 12.6. The fourth-order valence-corrected chi connectivity index (χ4v) is 4.09. The van der Waals surface area contributed by atoms with E-state index in [1.165, 1.54) is 21.2 Å². The molecule has 0 N–H and O–H groups in total. The van der Waals surface area contributed by atoms with Crippen LogP contribution in [0.15, 0.2) is 71.6 Å². The molecule has 2 nitrogen and oxygen atoms in total. The van der Waals surface area contributed by atoms with Gasteiger partial charge in [-0.1, -0.05) is 54.6 Å². The van der Waals surface area contributed by atoms with Crippen LogP contribution in [0.2, 0.25) is 0 Å². The number of benzene rings is 3. The molecule has 0 fully saturated rings. The van der Waals surface area contributed by atoms with Gasteiger partial charge in [-0.2, -0.15) is 0 Å². The predicted molar refractivity (Wildman–Crippen MR) is 97.2 cm³/mol. The predicted octanol–water partition coefficient (Wildman–Crippen LogP) is 4.52. The van der Waals surface area contributed by atoms with Crippen molar-refractivity contribution in [3.8, 4) is 0 Å². The average Bonchev–Trinajstić information content (AvgIpc) is 3.04. The smallest absolute Gasteiger partial charge is 0.237 e. The molecule has 1 aliphatic rings. The standard InChI is InChI=1S/C20H17NOS/c22-20(21-13-12-16-7-2-4-10-18(16)21)14-23-19-11-5-8-15-6-1-3-9-17(15)19/h1-11H,12-14H2. The molecule has 3 aromatic rings. The number of carbonyl (C=O) groups excluding carboxylic acids is 1. The van der Waals surface area contributed by atoms with Crippen molar-refractivity contribution in [2.45, 2.75) is 11.3 Å². The molecule has 0 radical (unpaired) electrons. The van der Waals surface area contributed by atoms with Crippen LogP contribution in [0.1, 0.15) is 5.56 Å². The Morgan fingerprint density at radius 3 is 2.70 bits per heavy atom. The number of rotatable bonds is 3. The summed E-state index contributed by atoms with van der Waals surface area (Å²) in [6, 6.07) is 22.8. The SMILES string of the molecule is O=C(CSc1cccc2ccccc12)N1CCc2ccccc21. The Morgan fingerprint density at radius 1 is 0.957 bits per heavy atom. The molecule has 0 spiro atoms. The van der Waals surface area contributed by atoms with E-state index < -0.39 is 0 Å². The Bertz CT molecular complexity index is 869. The van der Waals surface area contributed by atoms with Crippen molar-refractivity contribution in [3.05, 3.63) is 72.3 Å². The molecule has 0 unspecified atom stereocenters. The van der Waals surface area contributed by atoms with Crippen molar-refractivity contribution in [3.63, 3.8) is 0 Å². The van der Waals surface area contributed by atoms with Crippen LogP contribution in [-0.4, -0.2) is 18.2 Å². The highest BCUT2D eigenvalue weighted by molar-refractivity contribution is 8.00. The molecule has 0 atom stereocenters. The molecular weight excluding hydrogens is 302 g/mol. The van der Waals surface area contributed by atoms with E-state index in [4.69, 9.17) is 0 Å². The first-order valence-electron chi connectivity index (χ1n) is 7.82. The summed E-state index contributed by atoms with van der Waals surface area (Å²) >= 11 is 1.63. The van der Waals surface area contributed by atoms with Gasteiger partial charge in [-0.3, -0.25) is 4.79 Å². The molecule has 0 aliphatic carbocycles. The van der Waals surface area contributed by atoms with E-state index in [0.717, 1.165) is 18.7 Å². The Labute approximate surface area is 140 Å². The lowest BCUT2D eigenvalue weighted by atomic mass is 10.1. The van der Waals surface area contributed by atoms with Gasteiger partial charge in [-0.05, 0) is 34.9 Å². The Morgan fingerprint density at radius 2 is 1.74 bits per heavy atom. The molecule has 1 heterocycles. The summed E-state index contributed by atoms with van der Waals surface area (Å²) in [4.78, 5) is 15.7. The second-order valence-corrected chi connectivity index (χ2v) is 6.71. The third-order valence-corrected chi connectivity index (χ3v) is 5.35. The molecule has 0 saturated heterocycles. The summed E-state index contributed by atoms with van der Waals surface area (Å²) in [6.45, 7) is 0.800. The number of thioether (sulfide) groups is 1. The van der Waals surface area contributed by atoms with E-state index in [-0.39, 0.29) is 5.91 Å². The summed E-state index contributed by atoms with van der Waals surface area (Å²) in [5.41, 5.74) is 2.35. The monoisotopic (exact) mass is 319 g/mol. The quantitative estimate of drug-likeness (QED) is 0.662. The highest BCUT2D eigenvalue weighted by Gasteiger charge is 2.23. The van der Waals surface area contributed by atoms with E-state index in [2.05, 4.69) is 36.4 Å². The van der Waals surface area contributed by atoms with Gasteiger partial charge in [-0.25, -0.2) is 0 Å². The molecule has 3 aromatic carbocycles. The van der Waals surface area contributed by atoms with Crippen molar-refractivity contribution >= 4 is 34.1 Å². The zero-order valence-electron chi connectivity index (χ0n) is 12.7. The highest BCUT2D eigenvalue weighted by atomic mass is 32.2. The lowest BCUT2D eigenvalue weighted by Gasteiger charge is -2.17. The van der Waals surface area contributed by atoms with Gasteiger partial charge in [0.1, 0.15) is 0 Å². The third-order valence-electron chi connectivity index (χ3n) is 4.29. The van der Waals surface area contributed by atoms with Gasteiger partial charge in [0.05, 0.1) is 5.75 Å². The number of nitrogens with zero attached hydrogens (tertiary/aromatic N) is 1. The number of amides is 1. The number of para-hydroxylation sites is 1. The molecule has 3 heteroatoms. The zero-order valence-corrected chi connectivity index (χ0v) is 13.6. The molecule has 114 valence electrons. The maximum Gasteiger partial charge on any atom is 0.237 e. The van der Waals surface area contributed by atoms with E-state index in [9.17, 15) is 4.79 Å². The third kappa shape index (κ3) is 2.73. The second-order valence-electron chi connectivity index (χ2n) is 5.69. The minimum atomic E-state index is 0.188. The van der Waals surface area contributed by atoms with Crippen molar-refractivity contribution in [1.82, 2.24) is 0 Å². The fourth-order valence-electron chi connectivity index (χ4n) is 3.14. The van der Waals surface area contributed by atoms with Crippen LogP contribution < -0.4 is 4.90 Å². The Kier molecular flexibility index (Phi) is 3.80. The summed E-state index contributed by atoms with van der Waals surface area (Å²) in [5.74, 6) is 0.662. The molecule has 23 heavy (non-hydrogen) atoms. The van der Waals surface area contributed by atoms with Gasteiger partial charge in [0.15, 0.2) is 0 Å². The maximum absolute atomic E-state index is 12.6. The van der Waals surface area contributed by atoms with Crippen LogP contribution in [0.25, 0.3) is 10.8 Å². The van der Waals surface area contributed by atoms with Gasteiger partial charge >= 0.3 is 0 Å². The number of anilines is 1. The minimum Gasteiger partial charge on any atom is -0.311 e. The molecule has 0 bridgehead atoms. The average molecular weight is 319 g/mol. The minimum absolute atomic E-state index is 0.188. The van der Waals surface area contributed by atoms with Crippen LogP contribution in [0, 0.1) is 0 Å². The molecule has 0 saturated carbocycles. The van der Waals surface area contributed by atoms with Crippen LogP contribution in [0.3, 0.4) is 0 Å². The largest absolute Gasteiger partial charge is 0.311 e. The second kappa shape index (κ2) is 6.09. The van der Waals surface area contributed by atoms with Crippen LogP contribution in [0.5, 0.6) is 0 Å². The van der Waals surface area contributed by atoms with Gasteiger partial charge < -0.3 is 4.90 Å². The van der Waals surface area contributed by atoms with Gasteiger partial charge in [0, 0.05) is 17.1 Å². The molecule has 0 aromatic heterocycles. The number of fused-ring (bicyclic) bond motifs is 2. The normalized spacial score (nSPS) is 13.3. The topological polar surface area (TPSA) is 20.3 Å². The molecule has 1 amide bonds. The van der Waals surface area contributed by atoms with E-state index >= 15 is 0 Å². The summed E-state index contributed by atoms with van der Waals surface area (Å²) in [5, 5.41) is 2.44. The van der Waals surface area contributed by atoms with Gasteiger partial charge in [0.2, 0.25) is 5.91 Å². The van der Waals surface area contributed by atoms with Crippen molar-refractivity contribution < 1.29 is 4.79 Å². The first-order chi connectivity index (χ1) is 11.3. The van der Waals surface area contributed by atoms with Crippen molar-refractivity contribution in [2.75, 3.05) is 17.2 Å². The van der Waals surface area contributed by atoms with Crippen LogP contribution in [0.4, 0.5) is 5.69 Å². The fraction of sp³-hybridized carbons (Fsp3) is 0.150. The number of carbonyl (C=O) groups is 1. The lowest BCUT2D eigenvalue weighted by molar-refractivity contribution is -0.116. The van der Waals surface area contributed by atoms with E-state index in [1.807, 2.05) is 35.2 Å². The Balaban J connectivity index is 1.52. The zero-order chi connectivity index (χ0) is 15.6. The van der Waals surface area contributed by atoms with Crippen molar-refractivity contribution in [1.29, 1.82) is 0 Å². The first-order valence-corrected chi connectivity index (χ1v) is 8.80. The van der Waals surface area contributed by atoms with Gasteiger partial charge in [-0.15, -0.1) is 11.8 Å². The van der Waals surface area contributed by atoms with Gasteiger partial charge in [0.25, 0.3) is 0 Å². The highest BCUT2D eigenvalue weighted by Crippen LogP contribution is 2.31. The summed E-state index contributed by atoms with van der Waals surface area (Å²) < 4.78 is 0. The summed E-state index contributed by atoms with van der Waals surface area (Å²) in [6.07, 6.45) is 0.959. The summed E-state index contributed by atoms with van der Waals surface area (Å²) in [7, 11) is 0. The van der Waals surface area contributed by atoms with E-state index in [0.29, 0.717) is 5.75 Å². The Hall–Kier alpha value is -2.26. The number of hydrogen-bond acceptors (Lipinski definition) is 2.